The summed E-state index contributed by atoms with van der Waals surface area (Å²) in [6, 6.07) is 18.0. The lowest BCUT2D eigenvalue weighted by atomic mass is 10.2. The summed E-state index contributed by atoms with van der Waals surface area (Å²) in [6.45, 7) is 8.88. The van der Waals surface area contributed by atoms with Crippen molar-refractivity contribution < 1.29 is 0 Å². The number of para-hydroxylation sites is 1. The van der Waals surface area contributed by atoms with Crippen LogP contribution < -0.4 is 10.6 Å². The molecule has 2 N–H and O–H groups in total. The van der Waals surface area contributed by atoms with Crippen molar-refractivity contribution in [1.29, 1.82) is 0 Å². The van der Waals surface area contributed by atoms with Gasteiger partial charge in [-0.15, -0.1) is 0 Å². The van der Waals surface area contributed by atoms with Gasteiger partial charge in [0, 0.05) is 21.9 Å². The van der Waals surface area contributed by atoms with E-state index in [1.54, 1.807) is 0 Å². The molecule has 124 valence electrons. The summed E-state index contributed by atoms with van der Waals surface area (Å²) in [4.78, 5) is 2.53. The Labute approximate surface area is 145 Å². The molecule has 2 atom stereocenters. The topological polar surface area (TPSA) is 24.1 Å². The second-order valence-electron chi connectivity index (χ2n) is 6.00. The van der Waals surface area contributed by atoms with E-state index in [0.29, 0.717) is 12.1 Å². The lowest BCUT2D eigenvalue weighted by Gasteiger charge is -2.23. The Kier molecular flexibility index (Phi) is 6.85. The van der Waals surface area contributed by atoms with Crippen molar-refractivity contribution in [3.05, 3.63) is 48.5 Å². The van der Waals surface area contributed by atoms with Crippen molar-refractivity contribution in [3.8, 4) is 0 Å². The molecule has 2 aromatic rings. The van der Waals surface area contributed by atoms with Gasteiger partial charge in [0.25, 0.3) is 0 Å². The van der Waals surface area contributed by atoms with Gasteiger partial charge in [-0.25, -0.2) is 0 Å². The smallest absolute Gasteiger partial charge is 0.0719 e. The Bertz CT molecular complexity index is 598. The van der Waals surface area contributed by atoms with Crippen LogP contribution in [0.2, 0.25) is 0 Å². The highest BCUT2D eigenvalue weighted by Crippen LogP contribution is 2.38. The van der Waals surface area contributed by atoms with Crippen molar-refractivity contribution in [2.24, 2.45) is 0 Å². The number of hydrogen-bond acceptors (Lipinski definition) is 3. The minimum atomic E-state index is 0.449. The quantitative estimate of drug-likeness (QED) is 0.598. The minimum absolute atomic E-state index is 0.449. The maximum Gasteiger partial charge on any atom is 0.0719 e. The summed E-state index contributed by atoms with van der Waals surface area (Å²) in [7, 11) is 0. The molecule has 0 spiro atoms. The monoisotopic (exact) mass is 328 g/mol. The molecular formula is C20H28N2S. The van der Waals surface area contributed by atoms with Crippen LogP contribution in [0.25, 0.3) is 0 Å². The predicted octanol–water partition coefficient (Wildman–Crippen LogP) is 6.26. The van der Waals surface area contributed by atoms with Crippen molar-refractivity contribution in [3.63, 3.8) is 0 Å². The Morgan fingerprint density at radius 1 is 0.826 bits per heavy atom. The fraction of sp³-hybridized carbons (Fsp3) is 0.400. The molecule has 2 aromatic carbocycles. The van der Waals surface area contributed by atoms with Gasteiger partial charge in [0.2, 0.25) is 0 Å². The molecule has 0 radical (unpaired) electrons. The lowest BCUT2D eigenvalue weighted by Crippen LogP contribution is -2.19. The zero-order valence-corrected chi connectivity index (χ0v) is 15.4. The highest BCUT2D eigenvalue weighted by molar-refractivity contribution is 7.99. The highest BCUT2D eigenvalue weighted by Gasteiger charge is 2.13. The third kappa shape index (κ3) is 5.21. The highest BCUT2D eigenvalue weighted by atomic mass is 32.2. The predicted molar refractivity (Wildman–Crippen MR) is 104 cm³/mol. The van der Waals surface area contributed by atoms with E-state index in [0.717, 1.165) is 12.8 Å². The molecule has 2 unspecified atom stereocenters. The van der Waals surface area contributed by atoms with Gasteiger partial charge in [0.05, 0.1) is 11.4 Å². The van der Waals surface area contributed by atoms with Crippen LogP contribution >= 0.6 is 11.8 Å². The summed E-state index contributed by atoms with van der Waals surface area (Å²) in [5, 5.41) is 7.34. The van der Waals surface area contributed by atoms with Gasteiger partial charge in [0.15, 0.2) is 0 Å². The Balaban J connectivity index is 2.33. The maximum atomic E-state index is 3.70. The van der Waals surface area contributed by atoms with Crippen LogP contribution in [-0.2, 0) is 0 Å². The number of nitrogens with one attached hydrogen (secondary N) is 2. The maximum absolute atomic E-state index is 3.70. The first-order valence-electron chi connectivity index (χ1n) is 8.53. The van der Waals surface area contributed by atoms with Crippen molar-refractivity contribution in [1.82, 2.24) is 0 Å². The van der Waals surface area contributed by atoms with Crippen molar-refractivity contribution in [2.75, 3.05) is 10.6 Å². The van der Waals surface area contributed by atoms with E-state index in [-0.39, 0.29) is 0 Å². The zero-order valence-electron chi connectivity index (χ0n) is 14.6. The van der Waals surface area contributed by atoms with Crippen LogP contribution in [0, 0.1) is 0 Å². The van der Waals surface area contributed by atoms with Crippen LogP contribution in [0.4, 0.5) is 11.4 Å². The average molecular weight is 329 g/mol. The van der Waals surface area contributed by atoms with Crippen LogP contribution in [0.3, 0.4) is 0 Å². The standard InChI is InChI=1S/C20H28N2S/c1-5-15(3)21-18-13-10-14-19(20(18)22-16(4)6-2)23-17-11-8-7-9-12-17/h7-16,21-22H,5-6H2,1-4H3. The van der Waals surface area contributed by atoms with E-state index in [1.165, 1.54) is 21.2 Å². The SMILES string of the molecule is CCC(C)Nc1cccc(Sc2ccccc2)c1NC(C)CC. The molecule has 0 aromatic heterocycles. The molecular weight excluding hydrogens is 300 g/mol. The van der Waals surface area contributed by atoms with Gasteiger partial charge < -0.3 is 10.6 Å². The zero-order chi connectivity index (χ0) is 16.7. The van der Waals surface area contributed by atoms with Crippen LogP contribution in [0.5, 0.6) is 0 Å². The lowest BCUT2D eigenvalue weighted by molar-refractivity contribution is 0.752. The van der Waals surface area contributed by atoms with E-state index in [4.69, 9.17) is 0 Å². The molecule has 3 heteroatoms. The fourth-order valence-electron chi connectivity index (χ4n) is 2.22. The first-order valence-corrected chi connectivity index (χ1v) is 9.34. The van der Waals surface area contributed by atoms with Gasteiger partial charge in [-0.2, -0.15) is 0 Å². The Morgan fingerprint density at radius 2 is 1.48 bits per heavy atom. The molecule has 0 aliphatic heterocycles. The molecule has 0 aliphatic rings. The number of benzene rings is 2. The molecule has 2 nitrogen and oxygen atoms in total. The van der Waals surface area contributed by atoms with Crippen molar-refractivity contribution >= 4 is 23.1 Å². The van der Waals surface area contributed by atoms with Gasteiger partial charge in [-0.05, 0) is 51.0 Å². The molecule has 2 rings (SSSR count). The number of anilines is 2. The number of hydrogen-bond donors (Lipinski definition) is 2. The van der Waals surface area contributed by atoms with E-state index in [9.17, 15) is 0 Å². The first kappa shape index (κ1) is 17.7. The van der Waals surface area contributed by atoms with Gasteiger partial charge in [-0.3, -0.25) is 0 Å². The molecule has 0 bridgehead atoms. The Morgan fingerprint density at radius 3 is 2.13 bits per heavy atom. The summed E-state index contributed by atoms with van der Waals surface area (Å²) in [6.07, 6.45) is 2.21. The summed E-state index contributed by atoms with van der Waals surface area (Å²) < 4.78 is 0. The van der Waals surface area contributed by atoms with Crippen molar-refractivity contribution in [2.45, 2.75) is 62.4 Å². The van der Waals surface area contributed by atoms with Gasteiger partial charge in [-0.1, -0.05) is 49.9 Å². The first-order chi connectivity index (χ1) is 11.1. The third-order valence-corrected chi connectivity index (χ3v) is 5.08. The van der Waals surface area contributed by atoms with E-state index >= 15 is 0 Å². The molecule has 0 saturated heterocycles. The molecule has 23 heavy (non-hydrogen) atoms. The molecule has 0 aliphatic carbocycles. The molecule has 0 amide bonds. The molecule has 0 fully saturated rings. The van der Waals surface area contributed by atoms with Gasteiger partial charge >= 0.3 is 0 Å². The summed E-state index contributed by atoms with van der Waals surface area (Å²) in [5.74, 6) is 0. The molecule has 0 heterocycles. The minimum Gasteiger partial charge on any atom is -0.381 e. The normalized spacial score (nSPS) is 13.4. The molecule has 0 saturated carbocycles. The van der Waals surface area contributed by atoms with Crippen LogP contribution in [-0.4, -0.2) is 12.1 Å². The fourth-order valence-corrected chi connectivity index (χ4v) is 3.18. The second-order valence-corrected chi connectivity index (χ2v) is 7.12. The van der Waals surface area contributed by atoms with Crippen LogP contribution in [0.15, 0.2) is 58.3 Å². The Hall–Kier alpha value is -1.61. The largest absolute Gasteiger partial charge is 0.381 e. The summed E-state index contributed by atoms with van der Waals surface area (Å²) in [5.41, 5.74) is 2.41. The summed E-state index contributed by atoms with van der Waals surface area (Å²) >= 11 is 1.81. The average Bonchev–Trinajstić information content (AvgIpc) is 2.58. The van der Waals surface area contributed by atoms with Crippen LogP contribution in [0.1, 0.15) is 40.5 Å². The second kappa shape index (κ2) is 8.88. The van der Waals surface area contributed by atoms with E-state index in [1.807, 2.05) is 11.8 Å². The third-order valence-electron chi connectivity index (χ3n) is 4.01. The number of rotatable bonds is 8. The van der Waals surface area contributed by atoms with E-state index in [2.05, 4.69) is 86.9 Å². The van der Waals surface area contributed by atoms with E-state index < -0.39 is 0 Å². The van der Waals surface area contributed by atoms with Gasteiger partial charge in [0.1, 0.15) is 0 Å².